The summed E-state index contributed by atoms with van der Waals surface area (Å²) in [5, 5.41) is 0. The maximum atomic E-state index is 12.5. The molecule has 1 aromatic rings. The first-order chi connectivity index (χ1) is 5.85. The fourth-order valence-electron chi connectivity index (χ4n) is 1.08. The van der Waals surface area contributed by atoms with Crippen LogP contribution >= 0.6 is 15.9 Å². The third kappa shape index (κ3) is 1.91. The van der Waals surface area contributed by atoms with Gasteiger partial charge < -0.3 is 10.2 Å². The number of aryl methyl sites for hydroxylation is 1. The molecule has 0 aromatic carbocycles. The van der Waals surface area contributed by atoms with Gasteiger partial charge in [-0.1, -0.05) is 0 Å². The number of furan rings is 1. The number of halogens is 3. The third-order valence-electron chi connectivity index (χ3n) is 1.83. The van der Waals surface area contributed by atoms with Gasteiger partial charge in [0, 0.05) is 0 Å². The average molecular weight is 254 g/mol. The van der Waals surface area contributed by atoms with Gasteiger partial charge in [0.1, 0.15) is 11.3 Å². The number of nitrogens with two attached hydrogens (primary N) is 1. The summed E-state index contributed by atoms with van der Waals surface area (Å²) in [7, 11) is 0. The first kappa shape index (κ1) is 10.7. The molecule has 0 saturated carbocycles. The highest BCUT2D eigenvalue weighted by molar-refractivity contribution is 9.10. The van der Waals surface area contributed by atoms with E-state index in [-0.39, 0.29) is 5.76 Å². The van der Waals surface area contributed by atoms with Gasteiger partial charge in [-0.05, 0) is 41.4 Å². The summed E-state index contributed by atoms with van der Waals surface area (Å²) < 4.78 is 30.4. The zero-order chi connectivity index (χ0) is 10.2. The summed E-state index contributed by atoms with van der Waals surface area (Å²) in [5.74, 6) is 0.120. The molecule has 0 spiro atoms. The van der Waals surface area contributed by atoms with E-state index in [2.05, 4.69) is 15.9 Å². The van der Waals surface area contributed by atoms with Crippen molar-refractivity contribution in [2.45, 2.75) is 25.8 Å². The van der Waals surface area contributed by atoms with Crippen LogP contribution in [-0.4, -0.2) is 6.43 Å². The Morgan fingerprint density at radius 1 is 1.62 bits per heavy atom. The summed E-state index contributed by atoms with van der Waals surface area (Å²) in [4.78, 5) is 0. The van der Waals surface area contributed by atoms with Crippen LogP contribution in [-0.2, 0) is 5.54 Å². The Kier molecular flexibility index (Phi) is 2.77. The molecule has 1 heterocycles. The van der Waals surface area contributed by atoms with Gasteiger partial charge in [0.25, 0.3) is 6.43 Å². The molecule has 0 saturated heterocycles. The Hall–Kier alpha value is -0.420. The van der Waals surface area contributed by atoms with Crippen molar-refractivity contribution in [2.75, 3.05) is 0 Å². The predicted octanol–water partition coefficient (Wildman–Crippen LogP) is 2.79. The second-order valence-electron chi connectivity index (χ2n) is 3.15. The molecular weight excluding hydrogens is 244 g/mol. The lowest BCUT2D eigenvalue weighted by Crippen LogP contribution is -2.40. The molecule has 0 aliphatic rings. The van der Waals surface area contributed by atoms with Crippen LogP contribution in [0.5, 0.6) is 0 Å². The molecule has 13 heavy (non-hydrogen) atoms. The van der Waals surface area contributed by atoms with Crippen LogP contribution in [0.25, 0.3) is 0 Å². The molecule has 2 N–H and O–H groups in total. The van der Waals surface area contributed by atoms with Crippen LogP contribution < -0.4 is 5.73 Å². The molecule has 0 aliphatic heterocycles. The molecule has 5 heteroatoms. The highest BCUT2D eigenvalue weighted by atomic mass is 79.9. The number of rotatable bonds is 2. The van der Waals surface area contributed by atoms with Gasteiger partial charge >= 0.3 is 0 Å². The first-order valence-electron chi connectivity index (χ1n) is 3.69. The van der Waals surface area contributed by atoms with Gasteiger partial charge in [0.05, 0.1) is 0 Å². The van der Waals surface area contributed by atoms with E-state index in [0.29, 0.717) is 10.2 Å². The summed E-state index contributed by atoms with van der Waals surface area (Å²) in [6.45, 7) is 2.92. The Morgan fingerprint density at radius 3 is 2.46 bits per heavy atom. The number of hydrogen-bond donors (Lipinski definition) is 1. The largest absolute Gasteiger partial charge is 0.452 e. The molecule has 1 unspecified atom stereocenters. The van der Waals surface area contributed by atoms with Crippen molar-refractivity contribution < 1.29 is 13.2 Å². The zero-order valence-electron chi connectivity index (χ0n) is 7.27. The van der Waals surface area contributed by atoms with Crippen molar-refractivity contribution in [2.24, 2.45) is 5.73 Å². The average Bonchev–Trinajstić information content (AvgIpc) is 2.30. The van der Waals surface area contributed by atoms with Gasteiger partial charge in [0.2, 0.25) is 0 Å². The Balaban J connectivity index is 3.13. The van der Waals surface area contributed by atoms with E-state index >= 15 is 0 Å². The van der Waals surface area contributed by atoms with Crippen LogP contribution in [0.15, 0.2) is 15.2 Å². The monoisotopic (exact) mass is 253 g/mol. The van der Waals surface area contributed by atoms with Gasteiger partial charge in [-0.2, -0.15) is 0 Å². The lowest BCUT2D eigenvalue weighted by Gasteiger charge is -2.21. The van der Waals surface area contributed by atoms with Crippen molar-refractivity contribution in [1.82, 2.24) is 0 Å². The first-order valence-corrected chi connectivity index (χ1v) is 4.48. The lowest BCUT2D eigenvalue weighted by atomic mass is 9.98. The SMILES string of the molecule is Cc1cc(Br)oc1C(C)(N)C(F)F. The summed E-state index contributed by atoms with van der Waals surface area (Å²) >= 11 is 3.06. The fraction of sp³-hybridized carbons (Fsp3) is 0.500. The summed E-state index contributed by atoms with van der Waals surface area (Å²) in [5.41, 5.74) is 4.33. The van der Waals surface area contributed by atoms with E-state index in [4.69, 9.17) is 10.2 Å². The summed E-state index contributed by atoms with van der Waals surface area (Å²) in [6.07, 6.45) is -2.65. The molecule has 1 atom stereocenters. The predicted molar refractivity (Wildman–Crippen MR) is 48.7 cm³/mol. The fourth-order valence-corrected chi connectivity index (χ4v) is 1.58. The smallest absolute Gasteiger partial charge is 0.263 e. The van der Waals surface area contributed by atoms with E-state index in [0.717, 1.165) is 0 Å². The number of alkyl halides is 2. The van der Waals surface area contributed by atoms with Crippen LogP contribution in [0, 0.1) is 6.92 Å². The molecule has 0 fully saturated rings. The van der Waals surface area contributed by atoms with E-state index < -0.39 is 12.0 Å². The van der Waals surface area contributed by atoms with Crippen LogP contribution in [0.2, 0.25) is 0 Å². The van der Waals surface area contributed by atoms with Crippen LogP contribution in [0.4, 0.5) is 8.78 Å². The van der Waals surface area contributed by atoms with Crippen molar-refractivity contribution in [3.8, 4) is 0 Å². The summed E-state index contributed by atoms with van der Waals surface area (Å²) in [6, 6.07) is 1.61. The maximum absolute atomic E-state index is 12.5. The van der Waals surface area contributed by atoms with Crippen molar-refractivity contribution >= 4 is 15.9 Å². The minimum atomic E-state index is -2.65. The van der Waals surface area contributed by atoms with Gasteiger partial charge in [-0.25, -0.2) is 8.78 Å². The third-order valence-corrected chi connectivity index (χ3v) is 2.22. The minimum Gasteiger partial charge on any atom is -0.452 e. The van der Waals surface area contributed by atoms with Gasteiger partial charge in [0.15, 0.2) is 4.67 Å². The maximum Gasteiger partial charge on any atom is 0.263 e. The van der Waals surface area contributed by atoms with Crippen molar-refractivity contribution in [3.63, 3.8) is 0 Å². The van der Waals surface area contributed by atoms with Crippen molar-refractivity contribution in [1.29, 1.82) is 0 Å². The quantitative estimate of drug-likeness (QED) is 0.881. The molecule has 1 rings (SSSR count). The normalized spacial score (nSPS) is 16.2. The Bertz CT molecular complexity index is 309. The van der Waals surface area contributed by atoms with Crippen molar-refractivity contribution in [3.05, 3.63) is 22.1 Å². The van der Waals surface area contributed by atoms with E-state index in [9.17, 15) is 8.78 Å². The highest BCUT2D eigenvalue weighted by Crippen LogP contribution is 2.31. The molecule has 1 aromatic heterocycles. The zero-order valence-corrected chi connectivity index (χ0v) is 8.86. The van der Waals surface area contributed by atoms with Gasteiger partial charge in [-0.3, -0.25) is 0 Å². The second kappa shape index (κ2) is 3.38. The highest BCUT2D eigenvalue weighted by Gasteiger charge is 2.37. The topological polar surface area (TPSA) is 39.2 Å². The van der Waals surface area contributed by atoms with Gasteiger partial charge in [-0.15, -0.1) is 0 Å². The minimum absolute atomic E-state index is 0.120. The molecule has 0 aliphatic carbocycles. The van der Waals surface area contributed by atoms with E-state index in [1.807, 2.05) is 0 Å². The van der Waals surface area contributed by atoms with E-state index in [1.165, 1.54) is 6.92 Å². The Labute approximate surface area is 83.2 Å². The standard InChI is InChI=1S/C8H10BrF2NO/c1-4-3-5(9)13-6(4)8(2,12)7(10)11/h3,7H,12H2,1-2H3. The molecular formula is C8H10BrF2NO. The molecule has 0 radical (unpaired) electrons. The molecule has 0 amide bonds. The lowest BCUT2D eigenvalue weighted by molar-refractivity contribution is 0.0491. The van der Waals surface area contributed by atoms with Crippen LogP contribution in [0.1, 0.15) is 18.2 Å². The second-order valence-corrected chi connectivity index (χ2v) is 3.93. The Morgan fingerprint density at radius 2 is 2.15 bits per heavy atom. The van der Waals surface area contributed by atoms with E-state index in [1.54, 1.807) is 13.0 Å². The van der Waals surface area contributed by atoms with Crippen LogP contribution in [0.3, 0.4) is 0 Å². The number of hydrogen-bond acceptors (Lipinski definition) is 2. The molecule has 0 bridgehead atoms. The molecule has 2 nitrogen and oxygen atoms in total. The molecule has 74 valence electrons.